The highest BCUT2D eigenvalue weighted by atomic mass is 16.5. The lowest BCUT2D eigenvalue weighted by molar-refractivity contribution is 0.222. The Morgan fingerprint density at radius 3 is 2.74 bits per heavy atom. The van der Waals surface area contributed by atoms with Crippen LogP contribution in [0.5, 0.6) is 5.75 Å². The number of anilines is 2. The average Bonchev–Trinajstić information content (AvgIpc) is 2.41. The van der Waals surface area contributed by atoms with Crippen molar-refractivity contribution in [1.29, 1.82) is 0 Å². The van der Waals surface area contributed by atoms with Crippen LogP contribution in [0, 0.1) is 5.92 Å². The van der Waals surface area contributed by atoms with Crippen LogP contribution in [-0.2, 0) is 0 Å². The molecule has 1 aromatic heterocycles. The molecule has 1 aromatic rings. The highest BCUT2D eigenvalue weighted by molar-refractivity contribution is 5.62. The summed E-state index contributed by atoms with van der Waals surface area (Å²) in [5, 5.41) is 0. The smallest absolute Gasteiger partial charge is 0.204 e. The number of ether oxygens (including phenoxy) is 1. The number of aromatic nitrogens is 2. The number of hydrogen-bond acceptors (Lipinski definition) is 6. The van der Waals surface area contributed by atoms with E-state index < -0.39 is 0 Å². The van der Waals surface area contributed by atoms with E-state index in [9.17, 15) is 0 Å². The van der Waals surface area contributed by atoms with Crippen LogP contribution in [0.3, 0.4) is 0 Å². The van der Waals surface area contributed by atoms with Gasteiger partial charge in [0.2, 0.25) is 5.75 Å². The van der Waals surface area contributed by atoms with Crippen molar-refractivity contribution in [2.45, 2.75) is 12.8 Å². The first-order valence-corrected chi connectivity index (χ1v) is 6.66. The standard InChI is InChI=1S/C13H23N5O/c1-17-6-4-10(5-7-17)8-18(2)13-11(19-3)12(14)15-9-16-13/h9-10H,4-8H2,1-3H3,(H2,14,15,16). The maximum Gasteiger partial charge on any atom is 0.204 e. The molecule has 2 rings (SSSR count). The van der Waals surface area contributed by atoms with Crippen LogP contribution < -0.4 is 15.4 Å². The topological polar surface area (TPSA) is 67.5 Å². The Kier molecular flexibility index (Phi) is 4.42. The molecular formula is C13H23N5O. The fourth-order valence-electron chi connectivity index (χ4n) is 2.56. The minimum atomic E-state index is 0.391. The van der Waals surface area contributed by atoms with Gasteiger partial charge in [-0.3, -0.25) is 0 Å². The molecule has 2 heterocycles. The van der Waals surface area contributed by atoms with E-state index in [1.807, 2.05) is 7.05 Å². The second-order valence-corrected chi connectivity index (χ2v) is 5.24. The fraction of sp³-hybridized carbons (Fsp3) is 0.692. The Morgan fingerprint density at radius 1 is 1.42 bits per heavy atom. The molecule has 6 nitrogen and oxygen atoms in total. The third-order valence-electron chi connectivity index (χ3n) is 3.75. The molecule has 1 aliphatic rings. The first kappa shape index (κ1) is 13.9. The largest absolute Gasteiger partial charge is 0.490 e. The van der Waals surface area contributed by atoms with Gasteiger partial charge >= 0.3 is 0 Å². The van der Waals surface area contributed by atoms with Gasteiger partial charge in [-0.15, -0.1) is 0 Å². The van der Waals surface area contributed by atoms with Gasteiger partial charge < -0.3 is 20.3 Å². The van der Waals surface area contributed by atoms with E-state index in [4.69, 9.17) is 10.5 Å². The second-order valence-electron chi connectivity index (χ2n) is 5.24. The Balaban J connectivity index is 2.03. The Hall–Kier alpha value is -1.56. The summed E-state index contributed by atoms with van der Waals surface area (Å²) in [6, 6.07) is 0. The van der Waals surface area contributed by atoms with Crippen molar-refractivity contribution in [3.8, 4) is 5.75 Å². The maximum absolute atomic E-state index is 5.81. The number of nitrogens with zero attached hydrogens (tertiary/aromatic N) is 4. The van der Waals surface area contributed by atoms with Crippen LogP contribution >= 0.6 is 0 Å². The first-order chi connectivity index (χ1) is 9.11. The lowest BCUT2D eigenvalue weighted by Crippen LogP contribution is -2.36. The van der Waals surface area contributed by atoms with Crippen molar-refractivity contribution in [3.05, 3.63) is 6.33 Å². The van der Waals surface area contributed by atoms with Crippen LogP contribution in [-0.4, -0.2) is 55.7 Å². The number of piperidine rings is 1. The molecule has 1 aliphatic heterocycles. The van der Waals surface area contributed by atoms with Crippen LogP contribution in [0.4, 0.5) is 11.6 Å². The van der Waals surface area contributed by atoms with Crippen molar-refractivity contribution >= 4 is 11.6 Å². The third kappa shape index (κ3) is 3.26. The molecule has 0 aromatic carbocycles. The zero-order valence-corrected chi connectivity index (χ0v) is 12.0. The first-order valence-electron chi connectivity index (χ1n) is 6.66. The van der Waals surface area contributed by atoms with Gasteiger partial charge in [-0.25, -0.2) is 9.97 Å². The minimum Gasteiger partial charge on any atom is -0.490 e. The van der Waals surface area contributed by atoms with Gasteiger partial charge in [0.15, 0.2) is 11.6 Å². The Labute approximate surface area is 114 Å². The zero-order valence-electron chi connectivity index (χ0n) is 12.0. The predicted octanol–water partition coefficient (Wildman–Crippen LogP) is 0.845. The van der Waals surface area contributed by atoms with E-state index in [0.29, 0.717) is 17.5 Å². The van der Waals surface area contributed by atoms with E-state index in [0.717, 1.165) is 12.4 Å². The lowest BCUT2D eigenvalue weighted by Gasteiger charge is -2.32. The number of rotatable bonds is 4. The number of methoxy groups -OCH3 is 1. The van der Waals surface area contributed by atoms with Gasteiger partial charge in [0, 0.05) is 13.6 Å². The molecule has 0 spiro atoms. The summed E-state index contributed by atoms with van der Waals surface area (Å²) in [5.41, 5.74) is 5.81. The van der Waals surface area contributed by atoms with Gasteiger partial charge in [-0.2, -0.15) is 0 Å². The molecule has 1 saturated heterocycles. The molecule has 0 radical (unpaired) electrons. The molecule has 2 N–H and O–H groups in total. The van der Waals surface area contributed by atoms with Gasteiger partial charge in [0.05, 0.1) is 7.11 Å². The third-order valence-corrected chi connectivity index (χ3v) is 3.75. The van der Waals surface area contributed by atoms with Gasteiger partial charge in [-0.05, 0) is 38.9 Å². The molecule has 0 amide bonds. The molecule has 1 fully saturated rings. The molecule has 19 heavy (non-hydrogen) atoms. The maximum atomic E-state index is 5.81. The number of hydrogen-bond donors (Lipinski definition) is 1. The molecule has 106 valence electrons. The predicted molar refractivity (Wildman–Crippen MR) is 76.5 cm³/mol. The summed E-state index contributed by atoms with van der Waals surface area (Å²) in [7, 11) is 5.80. The fourth-order valence-corrected chi connectivity index (χ4v) is 2.56. The van der Waals surface area contributed by atoms with E-state index in [1.54, 1.807) is 7.11 Å². The highest BCUT2D eigenvalue weighted by Crippen LogP contribution is 2.30. The summed E-state index contributed by atoms with van der Waals surface area (Å²) in [6.45, 7) is 3.31. The van der Waals surface area contributed by atoms with Crippen molar-refractivity contribution < 1.29 is 4.74 Å². The van der Waals surface area contributed by atoms with Gasteiger partial charge in [0.25, 0.3) is 0 Å². The molecule has 0 aliphatic carbocycles. The number of nitrogens with two attached hydrogens (primary N) is 1. The van der Waals surface area contributed by atoms with Crippen molar-refractivity contribution in [2.75, 3.05) is 51.5 Å². The van der Waals surface area contributed by atoms with Crippen molar-refractivity contribution in [3.63, 3.8) is 0 Å². The van der Waals surface area contributed by atoms with E-state index in [-0.39, 0.29) is 0 Å². The summed E-state index contributed by atoms with van der Waals surface area (Å²) in [6.07, 6.45) is 3.94. The molecule has 0 saturated carbocycles. The summed E-state index contributed by atoms with van der Waals surface area (Å²) < 4.78 is 5.30. The quantitative estimate of drug-likeness (QED) is 0.870. The van der Waals surface area contributed by atoms with Crippen LogP contribution in [0.2, 0.25) is 0 Å². The lowest BCUT2D eigenvalue weighted by atomic mass is 9.97. The van der Waals surface area contributed by atoms with E-state index in [1.165, 1.54) is 32.3 Å². The molecule has 6 heteroatoms. The molecule has 0 bridgehead atoms. The number of nitrogen functional groups attached to an aromatic ring is 1. The normalized spacial score (nSPS) is 17.4. The van der Waals surface area contributed by atoms with Gasteiger partial charge in [-0.1, -0.05) is 0 Å². The summed E-state index contributed by atoms with van der Waals surface area (Å²) >= 11 is 0. The van der Waals surface area contributed by atoms with Crippen molar-refractivity contribution in [2.24, 2.45) is 5.92 Å². The van der Waals surface area contributed by atoms with E-state index in [2.05, 4.69) is 26.8 Å². The van der Waals surface area contributed by atoms with Crippen molar-refractivity contribution in [1.82, 2.24) is 14.9 Å². The monoisotopic (exact) mass is 265 g/mol. The molecule has 0 unspecified atom stereocenters. The summed E-state index contributed by atoms with van der Waals surface area (Å²) in [5.74, 6) is 2.43. The minimum absolute atomic E-state index is 0.391. The number of likely N-dealkylation sites (tertiary alicyclic amines) is 1. The molecular weight excluding hydrogens is 242 g/mol. The Morgan fingerprint density at radius 2 is 2.11 bits per heavy atom. The van der Waals surface area contributed by atoms with Crippen LogP contribution in [0.25, 0.3) is 0 Å². The van der Waals surface area contributed by atoms with Gasteiger partial charge in [0.1, 0.15) is 6.33 Å². The van der Waals surface area contributed by atoms with Crippen LogP contribution in [0.1, 0.15) is 12.8 Å². The summed E-state index contributed by atoms with van der Waals surface area (Å²) in [4.78, 5) is 12.7. The Bertz CT molecular complexity index is 417. The van der Waals surface area contributed by atoms with Crippen LogP contribution in [0.15, 0.2) is 6.33 Å². The highest BCUT2D eigenvalue weighted by Gasteiger charge is 2.21. The second kappa shape index (κ2) is 6.06. The average molecular weight is 265 g/mol. The van der Waals surface area contributed by atoms with E-state index >= 15 is 0 Å². The SMILES string of the molecule is COc1c(N)ncnc1N(C)CC1CCN(C)CC1. The molecule has 0 atom stereocenters. The zero-order chi connectivity index (χ0) is 13.8.